The minimum atomic E-state index is -0.273. The van der Waals surface area contributed by atoms with E-state index in [1.54, 1.807) is 0 Å². The Labute approximate surface area is 443 Å². The van der Waals surface area contributed by atoms with E-state index >= 15 is 0 Å². The van der Waals surface area contributed by atoms with Gasteiger partial charge in [0.1, 0.15) is 0 Å². The molecule has 1 heteroatoms. The Morgan fingerprint density at radius 1 is 0.224 bits per heavy atom. The van der Waals surface area contributed by atoms with Crippen molar-refractivity contribution in [2.45, 2.75) is 19.3 Å². The normalized spacial score (nSPS) is 12.7. The summed E-state index contributed by atoms with van der Waals surface area (Å²) in [4.78, 5) is 0. The Balaban J connectivity index is 0.952. The molecule has 15 rings (SSSR count). The zero-order valence-corrected chi connectivity index (χ0v) is 42.4. The predicted molar refractivity (Wildman–Crippen MR) is 323 cm³/mol. The van der Waals surface area contributed by atoms with Crippen LogP contribution in [0.5, 0.6) is 0 Å². The molecule has 76 heavy (non-hydrogen) atoms. The number of fused-ring (bicyclic) bond motifs is 12. The third-order valence-corrected chi connectivity index (χ3v) is 16.5. The molecule has 356 valence electrons. The van der Waals surface area contributed by atoms with Crippen LogP contribution in [0.25, 0.3) is 138 Å². The summed E-state index contributed by atoms with van der Waals surface area (Å²) in [6, 6.07) is 102. The lowest BCUT2D eigenvalue weighted by molar-refractivity contribution is 0.661. The topological polar surface area (TPSA) is 4.93 Å². The van der Waals surface area contributed by atoms with Crippen LogP contribution in [0.2, 0.25) is 0 Å². The molecular formula is C75H51N. The van der Waals surface area contributed by atoms with Crippen molar-refractivity contribution in [1.82, 2.24) is 4.57 Å². The van der Waals surface area contributed by atoms with Crippen molar-refractivity contribution in [2.24, 2.45) is 0 Å². The largest absolute Gasteiger partial charge is 0.309 e. The Hall–Kier alpha value is -9.56. The molecular weight excluding hydrogens is 915 g/mol. The summed E-state index contributed by atoms with van der Waals surface area (Å²) in [5, 5.41) is 10.1. The van der Waals surface area contributed by atoms with E-state index in [9.17, 15) is 0 Å². The summed E-state index contributed by atoms with van der Waals surface area (Å²) >= 11 is 0. The van der Waals surface area contributed by atoms with Gasteiger partial charge in [-0.2, -0.15) is 0 Å². The van der Waals surface area contributed by atoms with Crippen molar-refractivity contribution >= 4 is 54.1 Å². The smallest absolute Gasteiger partial charge is 0.0544 e. The summed E-state index contributed by atoms with van der Waals surface area (Å²) in [7, 11) is 0. The van der Waals surface area contributed by atoms with Crippen LogP contribution in [-0.4, -0.2) is 4.57 Å². The maximum absolute atomic E-state index is 2.54. The summed E-state index contributed by atoms with van der Waals surface area (Å²) in [5.41, 5.74) is 23.1. The van der Waals surface area contributed by atoms with E-state index in [1.807, 2.05) is 0 Å². The molecule has 14 aromatic rings. The molecule has 0 amide bonds. The number of hydrogen-bond donors (Lipinski definition) is 0. The maximum Gasteiger partial charge on any atom is 0.0544 e. The molecule has 0 aliphatic heterocycles. The fourth-order valence-corrected chi connectivity index (χ4v) is 12.7. The van der Waals surface area contributed by atoms with Crippen molar-refractivity contribution in [2.75, 3.05) is 0 Å². The molecule has 0 atom stereocenters. The Kier molecular flexibility index (Phi) is 9.99. The van der Waals surface area contributed by atoms with Crippen molar-refractivity contribution < 1.29 is 0 Å². The number of aromatic nitrogens is 1. The molecule has 1 aliphatic rings. The van der Waals surface area contributed by atoms with Gasteiger partial charge in [0, 0.05) is 21.9 Å². The van der Waals surface area contributed by atoms with Crippen molar-refractivity contribution in [3.63, 3.8) is 0 Å². The second kappa shape index (κ2) is 17.3. The van der Waals surface area contributed by atoms with Crippen LogP contribution in [0.3, 0.4) is 0 Å². The van der Waals surface area contributed by atoms with E-state index in [-0.39, 0.29) is 5.41 Å². The summed E-state index contributed by atoms with van der Waals surface area (Å²) in [6.07, 6.45) is 0. The minimum Gasteiger partial charge on any atom is -0.309 e. The molecule has 1 aromatic heterocycles. The van der Waals surface area contributed by atoms with Gasteiger partial charge in [0.05, 0.1) is 11.0 Å². The third kappa shape index (κ3) is 7.08. The molecule has 0 fully saturated rings. The van der Waals surface area contributed by atoms with Gasteiger partial charge in [0.15, 0.2) is 0 Å². The molecule has 1 heterocycles. The quantitative estimate of drug-likeness (QED) is 0.140. The highest BCUT2D eigenvalue weighted by atomic mass is 15.0. The van der Waals surface area contributed by atoms with E-state index in [2.05, 4.69) is 291 Å². The van der Waals surface area contributed by atoms with Gasteiger partial charge in [-0.05, 0) is 200 Å². The van der Waals surface area contributed by atoms with Gasteiger partial charge in [0.2, 0.25) is 0 Å². The van der Waals surface area contributed by atoms with Crippen LogP contribution in [0.15, 0.2) is 273 Å². The lowest BCUT2D eigenvalue weighted by Gasteiger charge is -2.22. The molecule has 0 unspecified atom stereocenters. The minimum absolute atomic E-state index is 0.273. The van der Waals surface area contributed by atoms with E-state index in [0.29, 0.717) is 0 Å². The first-order valence-electron chi connectivity index (χ1n) is 26.6. The van der Waals surface area contributed by atoms with Crippen LogP contribution in [-0.2, 0) is 5.41 Å². The second-order valence-electron chi connectivity index (χ2n) is 21.3. The number of benzene rings is 13. The SMILES string of the molecule is CC1(C)c2cc(-c3cc(-c4ccccc4)cc(-c4ccccc4)c3)ccc2-c2cc3c4cc(-c5cc(-c6ccccc6)cc(-c6ccccc6)c5)ccc4n(-c4ccc5c6ccccc6c6ccccc6c5c4)c3cc21. The fraction of sp³-hybridized carbons (Fsp3) is 0.0400. The molecule has 0 N–H and O–H groups in total. The molecule has 1 aliphatic carbocycles. The summed E-state index contributed by atoms with van der Waals surface area (Å²) < 4.78 is 2.54. The van der Waals surface area contributed by atoms with Gasteiger partial charge in [-0.1, -0.05) is 208 Å². The molecule has 0 radical (unpaired) electrons. The number of rotatable bonds is 7. The average molecular weight is 966 g/mol. The van der Waals surface area contributed by atoms with E-state index in [1.165, 1.54) is 143 Å². The first-order chi connectivity index (χ1) is 37.4. The van der Waals surface area contributed by atoms with Crippen LogP contribution < -0.4 is 0 Å². The molecule has 0 saturated carbocycles. The maximum atomic E-state index is 2.54. The van der Waals surface area contributed by atoms with Gasteiger partial charge in [-0.3, -0.25) is 0 Å². The van der Waals surface area contributed by atoms with E-state index in [4.69, 9.17) is 0 Å². The Bertz CT molecular complexity index is 4470. The Morgan fingerprint density at radius 3 is 1.09 bits per heavy atom. The van der Waals surface area contributed by atoms with Crippen molar-refractivity contribution in [3.8, 4) is 83.6 Å². The van der Waals surface area contributed by atoms with Crippen LogP contribution in [0.4, 0.5) is 0 Å². The van der Waals surface area contributed by atoms with Crippen LogP contribution in [0, 0.1) is 0 Å². The molecule has 0 spiro atoms. The summed E-state index contributed by atoms with van der Waals surface area (Å²) in [6.45, 7) is 4.84. The van der Waals surface area contributed by atoms with Crippen LogP contribution in [0.1, 0.15) is 25.0 Å². The highest BCUT2D eigenvalue weighted by molar-refractivity contribution is 6.26. The fourth-order valence-electron chi connectivity index (χ4n) is 12.7. The Morgan fingerprint density at radius 2 is 0.605 bits per heavy atom. The molecule has 1 nitrogen and oxygen atoms in total. The highest BCUT2D eigenvalue weighted by Gasteiger charge is 2.37. The average Bonchev–Trinajstić information content (AvgIpc) is 3.99. The monoisotopic (exact) mass is 965 g/mol. The van der Waals surface area contributed by atoms with E-state index < -0.39 is 0 Å². The number of nitrogens with zero attached hydrogens (tertiary/aromatic N) is 1. The van der Waals surface area contributed by atoms with Gasteiger partial charge in [-0.15, -0.1) is 0 Å². The van der Waals surface area contributed by atoms with Gasteiger partial charge < -0.3 is 4.57 Å². The second-order valence-corrected chi connectivity index (χ2v) is 21.3. The lowest BCUT2D eigenvalue weighted by Crippen LogP contribution is -2.15. The van der Waals surface area contributed by atoms with Crippen molar-refractivity contribution in [1.29, 1.82) is 0 Å². The lowest BCUT2D eigenvalue weighted by atomic mass is 9.81. The van der Waals surface area contributed by atoms with Gasteiger partial charge in [-0.25, -0.2) is 0 Å². The standard InChI is InChI=1S/C75H51N/c1-75(2)71-44-53(59-41-56(50-23-11-5-12-24-50)38-57(42-59)51-25-13-6-14-26-51)31-34-66(71)68-46-70-69-43-52(58-39-54(48-19-7-3-8-20-48)37-55(40-58)49-21-9-4-10-22-49)32-36-73(69)76(74(70)47-72(68)75)60-33-35-65-63-29-16-15-27-61(63)62-28-17-18-30-64(62)67(65)45-60/h3-47H,1-2H3. The van der Waals surface area contributed by atoms with Crippen molar-refractivity contribution in [3.05, 3.63) is 284 Å². The molecule has 0 bridgehead atoms. The number of hydrogen-bond acceptors (Lipinski definition) is 0. The first-order valence-corrected chi connectivity index (χ1v) is 26.6. The first kappa shape index (κ1) is 44.0. The highest BCUT2D eigenvalue weighted by Crippen LogP contribution is 2.53. The summed E-state index contributed by atoms with van der Waals surface area (Å²) in [5.74, 6) is 0. The predicted octanol–water partition coefficient (Wildman–Crippen LogP) is 20.6. The zero-order chi connectivity index (χ0) is 50.5. The third-order valence-electron chi connectivity index (χ3n) is 16.5. The molecule has 13 aromatic carbocycles. The zero-order valence-electron chi connectivity index (χ0n) is 42.4. The van der Waals surface area contributed by atoms with E-state index in [0.717, 1.165) is 5.69 Å². The molecule has 0 saturated heterocycles. The van der Waals surface area contributed by atoms with Crippen LogP contribution >= 0.6 is 0 Å². The van der Waals surface area contributed by atoms with Gasteiger partial charge >= 0.3 is 0 Å². The van der Waals surface area contributed by atoms with Gasteiger partial charge in [0.25, 0.3) is 0 Å².